The molecule has 4 heterocycles. The Morgan fingerprint density at radius 1 is 1.14 bits per heavy atom. The highest BCUT2D eigenvalue weighted by atomic mass is 35.5. The fourth-order valence-corrected chi connectivity index (χ4v) is 4.50. The number of carbonyl (C=O) groups excluding carboxylic acids is 1. The van der Waals surface area contributed by atoms with Crippen molar-refractivity contribution in [1.29, 1.82) is 0 Å². The number of aromatic nitrogens is 4. The maximum absolute atomic E-state index is 12.9. The minimum atomic E-state index is -0.357. The zero-order chi connectivity index (χ0) is 19.5. The molecule has 0 saturated heterocycles. The summed E-state index contributed by atoms with van der Waals surface area (Å²) in [5.41, 5.74) is 4.09. The first-order valence-electron chi connectivity index (χ1n) is 8.82. The number of carbonyl (C=O) groups is 1. The van der Waals surface area contributed by atoms with Crippen molar-refractivity contribution in [3.63, 3.8) is 0 Å². The minimum absolute atomic E-state index is 0.139. The molecule has 8 heteroatoms. The molecule has 1 aliphatic rings. The molecule has 6 nitrogen and oxygen atoms in total. The van der Waals surface area contributed by atoms with Gasteiger partial charge in [-0.25, -0.2) is 9.97 Å². The molecule has 28 heavy (non-hydrogen) atoms. The van der Waals surface area contributed by atoms with Crippen molar-refractivity contribution in [3.8, 4) is 22.5 Å². The van der Waals surface area contributed by atoms with E-state index in [0.29, 0.717) is 23.0 Å². The van der Waals surface area contributed by atoms with Crippen molar-refractivity contribution < 1.29 is 4.79 Å². The van der Waals surface area contributed by atoms with Gasteiger partial charge in [-0.15, -0.1) is 11.3 Å². The van der Waals surface area contributed by atoms with E-state index in [1.807, 2.05) is 40.4 Å². The second-order valence-electron chi connectivity index (χ2n) is 7.34. The van der Waals surface area contributed by atoms with Crippen molar-refractivity contribution in [2.45, 2.75) is 19.4 Å². The van der Waals surface area contributed by atoms with Crippen molar-refractivity contribution in [2.24, 2.45) is 0 Å². The number of rotatable bonds is 2. The average Bonchev–Trinajstić information content (AvgIpc) is 3.31. The van der Waals surface area contributed by atoms with Crippen LogP contribution < -0.4 is 5.32 Å². The lowest BCUT2D eigenvalue weighted by atomic mass is 9.97. The second kappa shape index (κ2) is 6.12. The molecule has 0 atom stereocenters. The molecule has 0 aliphatic carbocycles. The summed E-state index contributed by atoms with van der Waals surface area (Å²) in [5, 5.41) is 10.5. The first-order chi connectivity index (χ1) is 13.5. The molecule has 3 aromatic heterocycles. The van der Waals surface area contributed by atoms with E-state index in [1.165, 1.54) is 0 Å². The zero-order valence-corrected chi connectivity index (χ0v) is 16.8. The molecule has 0 unspecified atom stereocenters. The van der Waals surface area contributed by atoms with Gasteiger partial charge in [0.2, 0.25) is 0 Å². The van der Waals surface area contributed by atoms with Crippen LogP contribution in [-0.2, 0) is 5.54 Å². The van der Waals surface area contributed by atoms with Crippen molar-refractivity contribution in [1.82, 2.24) is 25.1 Å². The first-order valence-corrected chi connectivity index (χ1v) is 10.1. The maximum atomic E-state index is 12.9. The number of fused-ring (bicyclic) bond motifs is 2. The lowest BCUT2D eigenvalue weighted by molar-refractivity contribution is 0.0878. The number of nitrogens with zero attached hydrogens (tertiary/aromatic N) is 4. The van der Waals surface area contributed by atoms with Crippen molar-refractivity contribution in [3.05, 3.63) is 52.8 Å². The molecule has 1 aromatic carbocycles. The van der Waals surface area contributed by atoms with Gasteiger partial charge in [-0.2, -0.15) is 5.10 Å². The molecule has 5 rings (SSSR count). The number of thiophene rings is 1. The number of halogens is 1. The summed E-state index contributed by atoms with van der Waals surface area (Å²) >= 11 is 7.66. The third-order valence-corrected chi connectivity index (χ3v) is 6.12. The number of amides is 1. The van der Waals surface area contributed by atoms with Crippen LogP contribution in [0.1, 0.15) is 24.3 Å². The van der Waals surface area contributed by atoms with Gasteiger partial charge in [-0.1, -0.05) is 23.7 Å². The average molecular weight is 410 g/mol. The van der Waals surface area contributed by atoms with E-state index in [9.17, 15) is 4.79 Å². The lowest BCUT2D eigenvalue weighted by Crippen LogP contribution is -2.48. The summed E-state index contributed by atoms with van der Waals surface area (Å²) in [6.45, 7) is 4.62. The quantitative estimate of drug-likeness (QED) is 0.534. The predicted molar refractivity (Wildman–Crippen MR) is 111 cm³/mol. The van der Waals surface area contributed by atoms with Crippen LogP contribution in [0.25, 0.3) is 32.7 Å². The normalized spacial score (nSPS) is 15.5. The fraction of sp³-hybridized carbons (Fsp3) is 0.200. The number of nitrogens with one attached hydrogen (secondary N) is 1. The van der Waals surface area contributed by atoms with E-state index in [-0.39, 0.29) is 11.4 Å². The number of hydrogen-bond donors (Lipinski definition) is 1. The summed E-state index contributed by atoms with van der Waals surface area (Å²) in [6.07, 6.45) is 1.54. The van der Waals surface area contributed by atoms with Crippen LogP contribution in [0.15, 0.2) is 42.0 Å². The van der Waals surface area contributed by atoms with Gasteiger partial charge in [0, 0.05) is 17.1 Å². The van der Waals surface area contributed by atoms with Gasteiger partial charge in [0.1, 0.15) is 23.4 Å². The molecule has 1 N–H and O–H groups in total. The van der Waals surface area contributed by atoms with Crippen LogP contribution in [-0.4, -0.2) is 32.2 Å². The van der Waals surface area contributed by atoms with Gasteiger partial charge < -0.3 is 5.32 Å². The molecule has 0 bridgehead atoms. The fourth-order valence-electron chi connectivity index (χ4n) is 3.53. The molecule has 4 aromatic rings. The molecule has 1 aliphatic heterocycles. The second-order valence-corrected chi connectivity index (χ2v) is 8.70. The molecule has 0 spiro atoms. The Morgan fingerprint density at radius 3 is 2.71 bits per heavy atom. The smallest absolute Gasteiger partial charge is 0.270 e. The summed E-state index contributed by atoms with van der Waals surface area (Å²) in [6, 6.07) is 9.41. The van der Waals surface area contributed by atoms with Crippen LogP contribution in [0.3, 0.4) is 0 Å². The zero-order valence-electron chi connectivity index (χ0n) is 15.2. The summed E-state index contributed by atoms with van der Waals surface area (Å²) in [7, 11) is 0. The predicted octanol–water partition coefficient (Wildman–Crippen LogP) is 4.35. The van der Waals surface area contributed by atoms with Gasteiger partial charge in [0.25, 0.3) is 5.91 Å². The van der Waals surface area contributed by atoms with Gasteiger partial charge in [-0.05, 0) is 43.0 Å². The van der Waals surface area contributed by atoms with E-state index < -0.39 is 0 Å². The van der Waals surface area contributed by atoms with Crippen LogP contribution in [0, 0.1) is 0 Å². The highest BCUT2D eigenvalue weighted by Gasteiger charge is 2.37. The lowest BCUT2D eigenvalue weighted by Gasteiger charge is -2.32. The van der Waals surface area contributed by atoms with E-state index in [4.69, 9.17) is 16.7 Å². The van der Waals surface area contributed by atoms with E-state index >= 15 is 0 Å². The molecular weight excluding hydrogens is 394 g/mol. The van der Waals surface area contributed by atoms with E-state index in [1.54, 1.807) is 17.7 Å². The standard InChI is InChI=1S/C20H16ClN5OS/c1-20(2)9-22-19(27)17-14(11-3-5-12(21)6-4-11)15(25-26(17)20)16-18-13(7-8-28-18)23-10-24-16/h3-8,10H,9H2,1-2H3,(H,22,27). The highest BCUT2D eigenvalue weighted by Crippen LogP contribution is 2.40. The highest BCUT2D eigenvalue weighted by molar-refractivity contribution is 7.17. The Hall–Kier alpha value is -2.77. The van der Waals surface area contributed by atoms with E-state index in [2.05, 4.69) is 29.1 Å². The molecule has 0 radical (unpaired) electrons. The molecule has 0 fully saturated rings. The van der Waals surface area contributed by atoms with Crippen LogP contribution in [0.4, 0.5) is 0 Å². The number of benzene rings is 1. The third kappa shape index (κ3) is 2.54. The first kappa shape index (κ1) is 17.3. The Bertz CT molecular complexity index is 1230. The van der Waals surface area contributed by atoms with Crippen LogP contribution in [0.5, 0.6) is 0 Å². The molecular formula is C20H16ClN5OS. The Balaban J connectivity index is 1.88. The summed E-state index contributed by atoms with van der Waals surface area (Å²) < 4.78 is 2.78. The molecule has 0 saturated carbocycles. The number of hydrogen-bond acceptors (Lipinski definition) is 5. The van der Waals surface area contributed by atoms with Crippen LogP contribution >= 0.6 is 22.9 Å². The Morgan fingerprint density at radius 2 is 1.93 bits per heavy atom. The van der Waals surface area contributed by atoms with Gasteiger partial charge in [0.05, 0.1) is 15.8 Å². The van der Waals surface area contributed by atoms with Gasteiger partial charge in [-0.3, -0.25) is 9.48 Å². The Labute approximate surface area is 170 Å². The van der Waals surface area contributed by atoms with E-state index in [0.717, 1.165) is 27.0 Å². The largest absolute Gasteiger partial charge is 0.348 e. The Kier molecular flexibility index (Phi) is 3.79. The van der Waals surface area contributed by atoms with Gasteiger partial charge >= 0.3 is 0 Å². The topological polar surface area (TPSA) is 72.7 Å². The summed E-state index contributed by atoms with van der Waals surface area (Å²) in [5.74, 6) is -0.139. The SMILES string of the molecule is CC1(C)CNC(=O)c2c(-c3ccc(Cl)cc3)c(-c3ncnc4ccsc34)nn21. The van der Waals surface area contributed by atoms with Crippen LogP contribution in [0.2, 0.25) is 5.02 Å². The van der Waals surface area contributed by atoms with Crippen molar-refractivity contribution in [2.75, 3.05) is 6.54 Å². The maximum Gasteiger partial charge on any atom is 0.270 e. The third-order valence-electron chi connectivity index (χ3n) is 4.96. The van der Waals surface area contributed by atoms with Crippen molar-refractivity contribution >= 4 is 39.1 Å². The monoisotopic (exact) mass is 409 g/mol. The summed E-state index contributed by atoms with van der Waals surface area (Å²) in [4.78, 5) is 21.7. The minimum Gasteiger partial charge on any atom is -0.348 e. The molecule has 140 valence electrons. The van der Waals surface area contributed by atoms with Gasteiger partial charge in [0.15, 0.2) is 0 Å². The molecule has 1 amide bonds.